The van der Waals surface area contributed by atoms with Gasteiger partial charge in [0.15, 0.2) is 0 Å². The van der Waals surface area contributed by atoms with Gasteiger partial charge in [-0.05, 0) is 32.3 Å². The average molecular weight is 289 g/mol. The lowest BCUT2D eigenvalue weighted by Crippen LogP contribution is -2.30. The van der Waals surface area contributed by atoms with Crippen molar-refractivity contribution in [2.75, 3.05) is 19.0 Å². The Hall–Kier alpha value is -0.920. The third-order valence-electron chi connectivity index (χ3n) is 2.92. The van der Waals surface area contributed by atoms with E-state index in [1.165, 1.54) is 0 Å². The quantitative estimate of drug-likeness (QED) is 0.751. The lowest BCUT2D eigenvalue weighted by atomic mass is 10.2. The molecule has 0 aliphatic rings. The molecule has 1 rings (SSSR count). The van der Waals surface area contributed by atoms with Crippen molar-refractivity contribution in [1.82, 2.24) is 14.9 Å². The van der Waals surface area contributed by atoms with Crippen LogP contribution in [-0.4, -0.2) is 37.6 Å². The molecule has 1 unspecified atom stereocenters. The van der Waals surface area contributed by atoms with Crippen molar-refractivity contribution < 1.29 is 13.2 Å². The van der Waals surface area contributed by atoms with Crippen LogP contribution in [0.3, 0.4) is 0 Å². The Morgan fingerprint density at radius 2 is 2.11 bits per heavy atom. The molecule has 0 amide bonds. The van der Waals surface area contributed by atoms with Crippen molar-refractivity contribution in [2.45, 2.75) is 34.2 Å². The van der Waals surface area contributed by atoms with E-state index in [9.17, 15) is 8.42 Å². The van der Waals surface area contributed by atoms with Crippen LogP contribution in [0, 0.1) is 19.8 Å². The van der Waals surface area contributed by atoms with E-state index in [1.54, 1.807) is 0 Å². The van der Waals surface area contributed by atoms with E-state index < -0.39 is 10.0 Å². The normalized spacial score (nSPS) is 13.7. The molecule has 0 aromatic carbocycles. The number of aromatic nitrogens is 2. The van der Waals surface area contributed by atoms with Crippen molar-refractivity contribution in [2.24, 2.45) is 5.92 Å². The first-order valence-corrected chi connectivity index (χ1v) is 8.06. The van der Waals surface area contributed by atoms with Gasteiger partial charge in [-0.2, -0.15) is 5.10 Å². The number of nitrogens with zero attached hydrogens (tertiary/aromatic N) is 1. The maximum absolute atomic E-state index is 11.9. The molecule has 0 aliphatic carbocycles. The first kappa shape index (κ1) is 16.1. The van der Waals surface area contributed by atoms with Crippen LogP contribution in [0.4, 0.5) is 0 Å². The zero-order chi connectivity index (χ0) is 14.5. The topological polar surface area (TPSA) is 84.1 Å². The minimum Gasteiger partial charge on any atom is -0.381 e. The molecule has 0 bridgehead atoms. The molecular formula is C12H23N3O3S. The number of ether oxygens (including phenoxy) is 1. The summed E-state index contributed by atoms with van der Waals surface area (Å²) in [7, 11) is -3.30. The highest BCUT2D eigenvalue weighted by atomic mass is 32.2. The smallest absolute Gasteiger partial charge is 0.212 e. The number of rotatable bonds is 8. The predicted octanol–water partition coefficient (Wildman–Crippen LogP) is 1.12. The third kappa shape index (κ3) is 5.30. The Balaban J connectivity index is 2.49. The number of hydrogen-bond donors (Lipinski definition) is 2. The molecule has 19 heavy (non-hydrogen) atoms. The van der Waals surface area contributed by atoms with Gasteiger partial charge < -0.3 is 4.74 Å². The van der Waals surface area contributed by atoms with Crippen LogP contribution < -0.4 is 4.72 Å². The molecule has 1 aromatic rings. The molecule has 1 atom stereocenters. The Bertz CT molecular complexity index is 496. The first-order valence-electron chi connectivity index (χ1n) is 6.41. The van der Waals surface area contributed by atoms with Crippen molar-refractivity contribution in [3.05, 3.63) is 17.0 Å². The van der Waals surface area contributed by atoms with Gasteiger partial charge in [0.2, 0.25) is 10.0 Å². The number of aromatic amines is 1. The molecule has 1 aromatic heterocycles. The molecule has 0 aliphatic heterocycles. The molecular weight excluding hydrogens is 266 g/mol. The Kier molecular flexibility index (Phi) is 5.96. The summed E-state index contributed by atoms with van der Waals surface area (Å²) in [5.74, 6) is 0.0367. The summed E-state index contributed by atoms with van der Waals surface area (Å²) >= 11 is 0. The van der Waals surface area contributed by atoms with Gasteiger partial charge in [-0.1, -0.05) is 6.92 Å². The molecule has 0 saturated heterocycles. The highest BCUT2D eigenvalue weighted by Crippen LogP contribution is 2.09. The number of hydrogen-bond acceptors (Lipinski definition) is 4. The zero-order valence-corrected chi connectivity index (χ0v) is 12.8. The Morgan fingerprint density at radius 3 is 2.63 bits per heavy atom. The molecule has 0 saturated carbocycles. The number of sulfonamides is 1. The molecule has 2 N–H and O–H groups in total. The maximum Gasteiger partial charge on any atom is 0.212 e. The summed E-state index contributed by atoms with van der Waals surface area (Å²) in [5, 5.41) is 6.91. The Labute approximate surface area is 115 Å². The number of aryl methyl sites for hydroxylation is 1. The van der Waals surface area contributed by atoms with Gasteiger partial charge >= 0.3 is 0 Å². The molecule has 6 nitrogen and oxygen atoms in total. The van der Waals surface area contributed by atoms with Crippen LogP contribution >= 0.6 is 0 Å². The van der Waals surface area contributed by atoms with Gasteiger partial charge in [0.05, 0.1) is 24.6 Å². The number of nitrogens with one attached hydrogen (secondary N) is 2. The number of H-pyrrole nitrogens is 1. The fourth-order valence-corrected chi connectivity index (χ4v) is 3.01. The molecule has 0 spiro atoms. The fourth-order valence-electron chi connectivity index (χ4n) is 1.69. The lowest BCUT2D eigenvalue weighted by Gasteiger charge is -2.12. The van der Waals surface area contributed by atoms with Gasteiger partial charge in [-0.3, -0.25) is 5.10 Å². The zero-order valence-electron chi connectivity index (χ0n) is 12.0. The van der Waals surface area contributed by atoms with Crippen molar-refractivity contribution in [3.63, 3.8) is 0 Å². The molecule has 110 valence electrons. The van der Waals surface area contributed by atoms with E-state index in [-0.39, 0.29) is 18.2 Å². The SMILES string of the molecule is CCOCC(C)CS(=O)(=O)NCc1n[nH]c(C)c1C. The van der Waals surface area contributed by atoms with Crippen LogP contribution in [0.25, 0.3) is 0 Å². The molecule has 0 radical (unpaired) electrons. The summed E-state index contributed by atoms with van der Waals surface area (Å²) in [6.45, 7) is 8.85. The first-order chi connectivity index (χ1) is 8.85. The largest absolute Gasteiger partial charge is 0.381 e. The van der Waals surface area contributed by atoms with Gasteiger partial charge in [-0.25, -0.2) is 13.1 Å². The van der Waals surface area contributed by atoms with Crippen LogP contribution in [0.15, 0.2) is 0 Å². The van der Waals surface area contributed by atoms with Crippen LogP contribution in [0.2, 0.25) is 0 Å². The minimum atomic E-state index is -3.30. The summed E-state index contributed by atoms with van der Waals surface area (Å²) in [6, 6.07) is 0. The summed E-state index contributed by atoms with van der Waals surface area (Å²) in [6.07, 6.45) is 0. The van der Waals surface area contributed by atoms with Gasteiger partial charge in [0.1, 0.15) is 0 Å². The van der Waals surface area contributed by atoms with Crippen molar-refractivity contribution in [1.29, 1.82) is 0 Å². The second-order valence-corrected chi connectivity index (χ2v) is 6.64. The summed E-state index contributed by atoms with van der Waals surface area (Å²) in [5.41, 5.74) is 2.68. The minimum absolute atomic E-state index is 0.0283. The van der Waals surface area contributed by atoms with E-state index in [2.05, 4.69) is 14.9 Å². The van der Waals surface area contributed by atoms with E-state index in [1.807, 2.05) is 27.7 Å². The second kappa shape index (κ2) is 7.02. The third-order valence-corrected chi connectivity index (χ3v) is 4.52. The van der Waals surface area contributed by atoms with Gasteiger partial charge in [0, 0.05) is 12.3 Å². The summed E-state index contributed by atoms with van der Waals surface area (Å²) < 4.78 is 31.6. The highest BCUT2D eigenvalue weighted by Gasteiger charge is 2.16. The van der Waals surface area contributed by atoms with Crippen molar-refractivity contribution >= 4 is 10.0 Å². The molecule has 1 heterocycles. The van der Waals surface area contributed by atoms with Crippen LogP contribution in [0.1, 0.15) is 30.8 Å². The Morgan fingerprint density at radius 1 is 1.42 bits per heavy atom. The van der Waals surface area contributed by atoms with E-state index in [0.29, 0.717) is 13.2 Å². The fraction of sp³-hybridized carbons (Fsp3) is 0.750. The van der Waals surface area contributed by atoms with E-state index in [4.69, 9.17) is 4.74 Å². The van der Waals surface area contributed by atoms with Crippen molar-refractivity contribution in [3.8, 4) is 0 Å². The summed E-state index contributed by atoms with van der Waals surface area (Å²) in [4.78, 5) is 0. The van der Waals surface area contributed by atoms with E-state index >= 15 is 0 Å². The molecule has 0 fully saturated rings. The van der Waals surface area contributed by atoms with Gasteiger partial charge in [0.25, 0.3) is 0 Å². The second-order valence-electron chi connectivity index (χ2n) is 4.79. The van der Waals surface area contributed by atoms with Crippen LogP contribution in [-0.2, 0) is 21.3 Å². The lowest BCUT2D eigenvalue weighted by molar-refractivity contribution is 0.122. The standard InChI is InChI=1S/C12H23N3O3S/c1-5-18-7-9(2)8-19(16,17)13-6-12-10(3)11(4)14-15-12/h9,13H,5-8H2,1-4H3,(H,14,15). The monoisotopic (exact) mass is 289 g/mol. The van der Waals surface area contributed by atoms with Crippen LogP contribution in [0.5, 0.6) is 0 Å². The molecule has 7 heteroatoms. The van der Waals surface area contributed by atoms with Gasteiger partial charge in [-0.15, -0.1) is 0 Å². The maximum atomic E-state index is 11.9. The average Bonchev–Trinajstić information content (AvgIpc) is 2.64. The predicted molar refractivity (Wildman–Crippen MR) is 74.3 cm³/mol. The highest BCUT2D eigenvalue weighted by molar-refractivity contribution is 7.89. The van der Waals surface area contributed by atoms with E-state index in [0.717, 1.165) is 17.0 Å².